The third-order valence-electron chi connectivity index (χ3n) is 2.54. The third kappa shape index (κ3) is 4.47. The zero-order chi connectivity index (χ0) is 13.4. The standard InChI is InChI=1S/C14H21NO3/c1-4-17-14(18-5-2)10-15-9-12-7-6-8-13(16)11(12)3/h6-9,14,16H,4-5,10H2,1-3H3. The zero-order valence-corrected chi connectivity index (χ0v) is 11.2. The molecule has 0 radical (unpaired) electrons. The quantitative estimate of drug-likeness (QED) is 0.598. The van der Waals surface area contributed by atoms with Gasteiger partial charge in [0.15, 0.2) is 6.29 Å². The summed E-state index contributed by atoms with van der Waals surface area (Å²) in [6.07, 6.45) is 1.44. The molecule has 0 atom stereocenters. The Morgan fingerprint density at radius 3 is 2.56 bits per heavy atom. The molecule has 0 aliphatic rings. The van der Waals surface area contributed by atoms with E-state index in [1.54, 1.807) is 18.3 Å². The highest BCUT2D eigenvalue weighted by molar-refractivity contribution is 5.82. The molecule has 4 nitrogen and oxygen atoms in total. The monoisotopic (exact) mass is 251 g/mol. The van der Waals surface area contributed by atoms with Gasteiger partial charge >= 0.3 is 0 Å². The molecular weight excluding hydrogens is 230 g/mol. The van der Waals surface area contributed by atoms with Gasteiger partial charge in [-0.15, -0.1) is 0 Å². The molecule has 0 aromatic heterocycles. The van der Waals surface area contributed by atoms with Gasteiger partial charge in [-0.3, -0.25) is 4.99 Å². The first-order valence-corrected chi connectivity index (χ1v) is 6.20. The van der Waals surface area contributed by atoms with Crippen LogP contribution in [-0.4, -0.2) is 37.4 Å². The first kappa shape index (κ1) is 14.7. The van der Waals surface area contributed by atoms with Crippen molar-refractivity contribution in [2.75, 3.05) is 19.8 Å². The summed E-state index contributed by atoms with van der Waals surface area (Å²) < 4.78 is 10.8. The van der Waals surface area contributed by atoms with Gasteiger partial charge in [0.25, 0.3) is 0 Å². The van der Waals surface area contributed by atoms with Crippen molar-refractivity contribution in [1.82, 2.24) is 0 Å². The highest BCUT2D eigenvalue weighted by atomic mass is 16.7. The second kappa shape index (κ2) is 7.84. The summed E-state index contributed by atoms with van der Waals surface area (Å²) in [6, 6.07) is 5.37. The Hall–Kier alpha value is -1.39. The fourth-order valence-corrected chi connectivity index (χ4v) is 1.54. The van der Waals surface area contributed by atoms with Gasteiger partial charge in [-0.05, 0) is 38.0 Å². The summed E-state index contributed by atoms with van der Waals surface area (Å²) in [6.45, 7) is 7.37. The lowest BCUT2D eigenvalue weighted by molar-refractivity contribution is -0.128. The van der Waals surface area contributed by atoms with Crippen LogP contribution >= 0.6 is 0 Å². The lowest BCUT2D eigenvalue weighted by atomic mass is 10.1. The third-order valence-corrected chi connectivity index (χ3v) is 2.54. The molecule has 1 aromatic rings. The minimum absolute atomic E-state index is 0.283. The molecule has 18 heavy (non-hydrogen) atoms. The number of phenolic OH excluding ortho intramolecular Hbond substituents is 1. The van der Waals surface area contributed by atoms with Crippen LogP contribution in [0.2, 0.25) is 0 Å². The van der Waals surface area contributed by atoms with E-state index in [2.05, 4.69) is 4.99 Å². The number of rotatable bonds is 7. The summed E-state index contributed by atoms with van der Waals surface area (Å²) >= 11 is 0. The highest BCUT2D eigenvalue weighted by Gasteiger charge is 2.06. The van der Waals surface area contributed by atoms with E-state index in [-0.39, 0.29) is 12.0 Å². The minimum Gasteiger partial charge on any atom is -0.508 e. The summed E-state index contributed by atoms with van der Waals surface area (Å²) in [7, 11) is 0. The Kier molecular flexibility index (Phi) is 6.39. The van der Waals surface area contributed by atoms with Crippen molar-refractivity contribution in [3.05, 3.63) is 29.3 Å². The van der Waals surface area contributed by atoms with E-state index in [0.29, 0.717) is 19.8 Å². The van der Waals surface area contributed by atoms with Gasteiger partial charge in [0.1, 0.15) is 5.75 Å². The fraction of sp³-hybridized carbons (Fsp3) is 0.500. The number of hydrogen-bond acceptors (Lipinski definition) is 4. The molecular formula is C14H21NO3. The predicted octanol–water partition coefficient (Wildman–Crippen LogP) is 2.52. The Balaban J connectivity index is 2.60. The average Bonchev–Trinajstić information content (AvgIpc) is 2.35. The van der Waals surface area contributed by atoms with Crippen LogP contribution in [0, 0.1) is 6.92 Å². The molecule has 0 spiro atoms. The first-order valence-electron chi connectivity index (χ1n) is 6.20. The number of aliphatic imine (C=N–C) groups is 1. The number of phenols is 1. The Morgan fingerprint density at radius 1 is 1.28 bits per heavy atom. The summed E-state index contributed by atoms with van der Waals surface area (Å²) in [5.74, 6) is 0.283. The maximum Gasteiger partial charge on any atom is 0.176 e. The van der Waals surface area contributed by atoms with Gasteiger partial charge in [-0.2, -0.15) is 0 Å². The highest BCUT2D eigenvalue weighted by Crippen LogP contribution is 2.17. The molecule has 100 valence electrons. The van der Waals surface area contributed by atoms with Gasteiger partial charge < -0.3 is 14.6 Å². The fourth-order valence-electron chi connectivity index (χ4n) is 1.54. The SMILES string of the molecule is CCOC(CN=Cc1cccc(O)c1C)OCC. The largest absolute Gasteiger partial charge is 0.508 e. The molecule has 0 unspecified atom stereocenters. The number of hydrogen-bond donors (Lipinski definition) is 1. The van der Waals surface area contributed by atoms with Crippen LogP contribution < -0.4 is 0 Å². The predicted molar refractivity (Wildman–Crippen MR) is 72.3 cm³/mol. The van der Waals surface area contributed by atoms with Gasteiger partial charge in [0, 0.05) is 19.4 Å². The van der Waals surface area contributed by atoms with Crippen LogP contribution in [0.3, 0.4) is 0 Å². The average molecular weight is 251 g/mol. The van der Waals surface area contributed by atoms with Crippen molar-refractivity contribution in [3.8, 4) is 5.75 Å². The molecule has 0 saturated heterocycles. The van der Waals surface area contributed by atoms with Crippen LogP contribution in [0.15, 0.2) is 23.2 Å². The molecule has 0 saturated carbocycles. The van der Waals surface area contributed by atoms with Crippen molar-refractivity contribution in [2.45, 2.75) is 27.1 Å². The Bertz CT molecular complexity index is 385. The maximum atomic E-state index is 9.57. The molecule has 1 rings (SSSR count). The van der Waals surface area contributed by atoms with E-state index in [1.807, 2.05) is 26.8 Å². The maximum absolute atomic E-state index is 9.57. The molecule has 4 heteroatoms. The zero-order valence-electron chi connectivity index (χ0n) is 11.2. The first-order chi connectivity index (χ1) is 8.69. The second-order valence-corrected chi connectivity index (χ2v) is 3.83. The van der Waals surface area contributed by atoms with Crippen LogP contribution in [0.4, 0.5) is 0 Å². The van der Waals surface area contributed by atoms with Crippen LogP contribution in [-0.2, 0) is 9.47 Å². The van der Waals surface area contributed by atoms with Crippen LogP contribution in [0.5, 0.6) is 5.75 Å². The lowest BCUT2D eigenvalue weighted by Gasteiger charge is -2.14. The van der Waals surface area contributed by atoms with Gasteiger partial charge in [-0.25, -0.2) is 0 Å². The van der Waals surface area contributed by atoms with E-state index >= 15 is 0 Å². The molecule has 1 aromatic carbocycles. The van der Waals surface area contributed by atoms with E-state index < -0.39 is 0 Å². The lowest BCUT2D eigenvalue weighted by Crippen LogP contribution is -2.20. The molecule has 1 N–H and O–H groups in total. The van der Waals surface area contributed by atoms with Crippen molar-refractivity contribution in [3.63, 3.8) is 0 Å². The Labute approximate surface area is 108 Å². The van der Waals surface area contributed by atoms with Gasteiger partial charge in [-0.1, -0.05) is 12.1 Å². The van der Waals surface area contributed by atoms with Gasteiger partial charge in [0.2, 0.25) is 0 Å². The number of nitrogens with zero attached hydrogens (tertiary/aromatic N) is 1. The van der Waals surface area contributed by atoms with Crippen molar-refractivity contribution in [1.29, 1.82) is 0 Å². The molecule has 0 bridgehead atoms. The van der Waals surface area contributed by atoms with Crippen molar-refractivity contribution >= 4 is 6.21 Å². The smallest absolute Gasteiger partial charge is 0.176 e. The number of ether oxygens (including phenoxy) is 2. The second-order valence-electron chi connectivity index (χ2n) is 3.83. The van der Waals surface area contributed by atoms with Crippen LogP contribution in [0.25, 0.3) is 0 Å². The van der Waals surface area contributed by atoms with E-state index in [0.717, 1.165) is 11.1 Å². The number of benzene rings is 1. The van der Waals surface area contributed by atoms with Crippen LogP contribution in [0.1, 0.15) is 25.0 Å². The molecule has 0 amide bonds. The van der Waals surface area contributed by atoms with Crippen molar-refractivity contribution < 1.29 is 14.6 Å². The van der Waals surface area contributed by atoms with E-state index in [4.69, 9.17) is 9.47 Å². The molecule has 0 aliphatic heterocycles. The topological polar surface area (TPSA) is 51.0 Å². The Morgan fingerprint density at radius 2 is 1.94 bits per heavy atom. The molecule has 0 aliphatic carbocycles. The van der Waals surface area contributed by atoms with E-state index in [1.165, 1.54) is 0 Å². The summed E-state index contributed by atoms with van der Waals surface area (Å²) in [5.41, 5.74) is 1.73. The summed E-state index contributed by atoms with van der Waals surface area (Å²) in [4.78, 5) is 4.30. The van der Waals surface area contributed by atoms with E-state index in [9.17, 15) is 5.11 Å². The minimum atomic E-state index is -0.297. The van der Waals surface area contributed by atoms with Crippen molar-refractivity contribution in [2.24, 2.45) is 4.99 Å². The number of aromatic hydroxyl groups is 1. The summed E-state index contributed by atoms with van der Waals surface area (Å²) in [5, 5.41) is 9.57. The van der Waals surface area contributed by atoms with Gasteiger partial charge in [0.05, 0.1) is 6.54 Å². The molecule has 0 heterocycles. The normalized spacial score (nSPS) is 11.6. The molecule has 0 fully saturated rings.